The Hall–Kier alpha value is -0.790. The number of hydrogen-bond acceptors (Lipinski definition) is 0. The van der Waals surface area contributed by atoms with Crippen molar-refractivity contribution in [2.24, 2.45) is 0 Å². The van der Waals surface area contributed by atoms with Crippen molar-refractivity contribution in [1.29, 1.82) is 0 Å². The Labute approximate surface area is 104 Å². The topological polar surface area (TPSA) is 0 Å². The maximum atomic E-state index is 12.7. The Morgan fingerprint density at radius 1 is 1.12 bits per heavy atom. The highest BCUT2D eigenvalue weighted by molar-refractivity contribution is 6.32. The van der Waals surface area contributed by atoms with Gasteiger partial charge in [0, 0.05) is 0 Å². The summed E-state index contributed by atoms with van der Waals surface area (Å²) in [7, 11) is 0. The molecule has 2 unspecified atom stereocenters. The average molecular weight is 257 g/mol. The summed E-state index contributed by atoms with van der Waals surface area (Å²) in [6.45, 7) is 0. The molecule has 0 aromatic heterocycles. The van der Waals surface area contributed by atoms with Crippen LogP contribution in [0.4, 0.5) is 4.39 Å². The number of allylic oxidation sites excluding steroid dienone is 4. The summed E-state index contributed by atoms with van der Waals surface area (Å²) in [5.41, 5.74) is 2.10. The molecule has 0 aliphatic heterocycles. The van der Waals surface area contributed by atoms with E-state index in [9.17, 15) is 4.39 Å². The largest absolute Gasteiger partial charge is 0.207 e. The van der Waals surface area contributed by atoms with Gasteiger partial charge in [0.05, 0.1) is 10.8 Å². The first-order valence-electron chi connectivity index (χ1n) is 5.06. The van der Waals surface area contributed by atoms with Gasteiger partial charge in [0.15, 0.2) is 0 Å². The van der Waals surface area contributed by atoms with Crippen LogP contribution in [0.3, 0.4) is 0 Å². The molecule has 1 aliphatic carbocycles. The standard InChI is InChI=1S/C13H11Cl2F/c14-12-3-1-2-10(13(12)15)8-9-4-6-11(16)7-5-9/h1-7,12-13H,8H2. The van der Waals surface area contributed by atoms with Crippen molar-refractivity contribution in [2.45, 2.75) is 17.2 Å². The van der Waals surface area contributed by atoms with E-state index in [0.717, 1.165) is 11.1 Å². The van der Waals surface area contributed by atoms with E-state index < -0.39 is 0 Å². The fourth-order valence-electron chi connectivity index (χ4n) is 1.67. The number of alkyl halides is 2. The quantitative estimate of drug-likeness (QED) is 0.700. The molecule has 2 atom stereocenters. The van der Waals surface area contributed by atoms with Gasteiger partial charge in [0.25, 0.3) is 0 Å². The monoisotopic (exact) mass is 256 g/mol. The molecular weight excluding hydrogens is 246 g/mol. The molecule has 1 aromatic carbocycles. The highest BCUT2D eigenvalue weighted by Crippen LogP contribution is 2.26. The van der Waals surface area contributed by atoms with Gasteiger partial charge in [-0.15, -0.1) is 23.2 Å². The van der Waals surface area contributed by atoms with Crippen LogP contribution in [-0.4, -0.2) is 10.8 Å². The predicted octanol–water partition coefficient (Wildman–Crippen LogP) is 4.08. The Balaban J connectivity index is 2.13. The van der Waals surface area contributed by atoms with Gasteiger partial charge in [-0.1, -0.05) is 30.4 Å². The van der Waals surface area contributed by atoms with Gasteiger partial charge in [-0.2, -0.15) is 0 Å². The van der Waals surface area contributed by atoms with Gasteiger partial charge in [-0.3, -0.25) is 0 Å². The van der Waals surface area contributed by atoms with Crippen LogP contribution in [0.1, 0.15) is 5.56 Å². The highest BCUT2D eigenvalue weighted by Gasteiger charge is 2.20. The van der Waals surface area contributed by atoms with E-state index in [1.54, 1.807) is 12.1 Å². The van der Waals surface area contributed by atoms with Crippen molar-refractivity contribution in [3.05, 3.63) is 59.4 Å². The second-order valence-corrected chi connectivity index (χ2v) is 4.75. The maximum absolute atomic E-state index is 12.7. The molecule has 2 rings (SSSR count). The van der Waals surface area contributed by atoms with Crippen LogP contribution < -0.4 is 0 Å². The summed E-state index contributed by atoms with van der Waals surface area (Å²) < 4.78 is 12.7. The van der Waals surface area contributed by atoms with E-state index in [1.165, 1.54) is 12.1 Å². The lowest BCUT2D eigenvalue weighted by Crippen LogP contribution is -2.19. The molecule has 0 saturated carbocycles. The molecule has 1 aromatic rings. The normalized spacial score (nSPS) is 24.3. The van der Waals surface area contributed by atoms with Crippen LogP contribution in [0.25, 0.3) is 0 Å². The van der Waals surface area contributed by atoms with E-state index in [-0.39, 0.29) is 16.6 Å². The smallest absolute Gasteiger partial charge is 0.123 e. The van der Waals surface area contributed by atoms with Gasteiger partial charge in [0.2, 0.25) is 0 Å². The van der Waals surface area contributed by atoms with Crippen LogP contribution in [0.15, 0.2) is 48.1 Å². The van der Waals surface area contributed by atoms with Crippen LogP contribution in [0, 0.1) is 5.82 Å². The van der Waals surface area contributed by atoms with Gasteiger partial charge in [-0.25, -0.2) is 4.39 Å². The van der Waals surface area contributed by atoms with Gasteiger partial charge < -0.3 is 0 Å². The zero-order chi connectivity index (χ0) is 11.5. The molecule has 84 valence electrons. The first kappa shape index (κ1) is 11.7. The minimum atomic E-state index is -0.223. The zero-order valence-electron chi connectivity index (χ0n) is 8.54. The third-order valence-electron chi connectivity index (χ3n) is 2.56. The molecular formula is C13H11Cl2F. The fourth-order valence-corrected chi connectivity index (χ4v) is 2.15. The molecule has 0 N–H and O–H groups in total. The number of hydrogen-bond donors (Lipinski definition) is 0. The average Bonchev–Trinajstić information content (AvgIpc) is 2.28. The molecule has 0 amide bonds. The molecule has 0 spiro atoms. The van der Waals surface area contributed by atoms with Crippen LogP contribution >= 0.6 is 23.2 Å². The van der Waals surface area contributed by atoms with Crippen LogP contribution in [0.5, 0.6) is 0 Å². The molecule has 0 saturated heterocycles. The second-order valence-electron chi connectivity index (χ2n) is 3.78. The molecule has 0 fully saturated rings. The highest BCUT2D eigenvalue weighted by atomic mass is 35.5. The van der Waals surface area contributed by atoms with Crippen molar-refractivity contribution in [3.8, 4) is 0 Å². The first-order valence-corrected chi connectivity index (χ1v) is 5.94. The van der Waals surface area contributed by atoms with Gasteiger partial charge in [0.1, 0.15) is 5.82 Å². The van der Waals surface area contributed by atoms with Gasteiger partial charge >= 0.3 is 0 Å². The summed E-state index contributed by atoms with van der Waals surface area (Å²) in [6, 6.07) is 6.44. The van der Waals surface area contributed by atoms with Crippen LogP contribution in [-0.2, 0) is 6.42 Å². The van der Waals surface area contributed by atoms with Crippen molar-refractivity contribution < 1.29 is 4.39 Å². The molecule has 3 heteroatoms. The van der Waals surface area contributed by atoms with Crippen molar-refractivity contribution in [1.82, 2.24) is 0 Å². The summed E-state index contributed by atoms with van der Waals surface area (Å²) in [4.78, 5) is 0. The van der Waals surface area contributed by atoms with E-state index in [4.69, 9.17) is 23.2 Å². The molecule has 0 bridgehead atoms. The summed E-state index contributed by atoms with van der Waals surface area (Å²) in [5.74, 6) is -0.223. The minimum absolute atomic E-state index is 0.165. The van der Waals surface area contributed by atoms with E-state index >= 15 is 0 Å². The van der Waals surface area contributed by atoms with E-state index in [2.05, 4.69) is 0 Å². The minimum Gasteiger partial charge on any atom is -0.207 e. The number of rotatable bonds is 2. The van der Waals surface area contributed by atoms with Crippen molar-refractivity contribution in [2.75, 3.05) is 0 Å². The second kappa shape index (κ2) is 5.03. The Kier molecular flexibility index (Phi) is 3.67. The Morgan fingerprint density at radius 3 is 2.50 bits per heavy atom. The SMILES string of the molecule is Fc1ccc(CC2=CC=CC(Cl)C2Cl)cc1. The third kappa shape index (κ3) is 2.66. The Bertz CT molecular complexity index is 420. The van der Waals surface area contributed by atoms with E-state index in [0.29, 0.717) is 6.42 Å². The van der Waals surface area contributed by atoms with Crippen molar-refractivity contribution in [3.63, 3.8) is 0 Å². The Morgan fingerprint density at radius 2 is 1.81 bits per heavy atom. The summed E-state index contributed by atoms with van der Waals surface area (Å²) in [5, 5.41) is -0.348. The van der Waals surface area contributed by atoms with Crippen LogP contribution in [0.2, 0.25) is 0 Å². The first-order chi connectivity index (χ1) is 7.66. The summed E-state index contributed by atoms with van der Waals surface area (Å²) >= 11 is 12.2. The summed E-state index contributed by atoms with van der Waals surface area (Å²) in [6.07, 6.45) is 6.46. The molecule has 16 heavy (non-hydrogen) atoms. The number of benzene rings is 1. The van der Waals surface area contributed by atoms with Crippen molar-refractivity contribution >= 4 is 23.2 Å². The lowest BCUT2D eigenvalue weighted by atomic mass is 9.97. The maximum Gasteiger partial charge on any atom is 0.123 e. The lowest BCUT2D eigenvalue weighted by molar-refractivity contribution is 0.627. The van der Waals surface area contributed by atoms with E-state index in [1.807, 2.05) is 18.2 Å². The lowest BCUT2D eigenvalue weighted by Gasteiger charge is -2.19. The zero-order valence-corrected chi connectivity index (χ0v) is 10.0. The molecule has 0 radical (unpaired) electrons. The molecule has 0 heterocycles. The third-order valence-corrected chi connectivity index (χ3v) is 3.64. The molecule has 0 nitrogen and oxygen atoms in total. The van der Waals surface area contributed by atoms with Gasteiger partial charge in [-0.05, 0) is 29.7 Å². The fraction of sp³-hybridized carbons (Fsp3) is 0.231. The predicted molar refractivity (Wildman–Crippen MR) is 66.6 cm³/mol. The molecule has 1 aliphatic rings. The number of halogens is 3.